The van der Waals surface area contributed by atoms with Gasteiger partial charge in [0.1, 0.15) is 36.3 Å². The van der Waals surface area contributed by atoms with Gasteiger partial charge in [0.05, 0.1) is 17.6 Å². The zero-order valence-electron chi connectivity index (χ0n) is 27.8. The maximum atomic E-state index is 14.4. The van der Waals surface area contributed by atoms with E-state index in [1.165, 1.54) is 27.7 Å². The SMILES string of the molecule is CC(=O)O[C@@H]1[C@H]2[C@H]3[C@H]([C@H](OC(C)=O)[C@H](O)[C@]2(C)[C@@H]2[C@@H]1[C@]1(C)C(=C[C@H]2C)OC(=O)[C@@]1(C)O)[C@]1(C)[C@H](C[C@@H]2O[C@@H]2[C@@H]1OC(C)=O)C(=O)[C@@H]3O. The lowest BCUT2D eigenvalue weighted by Gasteiger charge is -2.65. The second kappa shape index (κ2) is 9.86. The number of rotatable bonds is 3. The van der Waals surface area contributed by atoms with Crippen molar-refractivity contribution in [2.24, 2.45) is 57.7 Å². The van der Waals surface area contributed by atoms with Crippen LogP contribution in [0.25, 0.3) is 0 Å². The molecule has 0 aromatic rings. The highest BCUT2D eigenvalue weighted by Crippen LogP contribution is 2.75. The molecule has 4 saturated carbocycles. The highest BCUT2D eigenvalue weighted by Gasteiger charge is 2.83. The largest absolute Gasteiger partial charge is 0.462 e. The van der Waals surface area contributed by atoms with Crippen LogP contribution in [0.4, 0.5) is 0 Å². The van der Waals surface area contributed by atoms with Crippen molar-refractivity contribution in [3.8, 4) is 0 Å². The second-order valence-corrected chi connectivity index (χ2v) is 15.9. The number of ketones is 1. The fourth-order valence-electron chi connectivity index (χ4n) is 11.9. The van der Waals surface area contributed by atoms with Crippen molar-refractivity contribution in [2.45, 2.75) is 110 Å². The predicted octanol–water partition coefficient (Wildman–Crippen LogP) is 0.842. The van der Waals surface area contributed by atoms with Crippen LogP contribution in [0, 0.1) is 57.7 Å². The maximum Gasteiger partial charge on any atom is 0.343 e. The minimum absolute atomic E-state index is 0.217. The summed E-state index contributed by atoms with van der Waals surface area (Å²) in [5.41, 5.74) is -6.10. The fourth-order valence-corrected chi connectivity index (χ4v) is 11.9. The predicted molar refractivity (Wildman–Crippen MR) is 156 cm³/mol. The van der Waals surface area contributed by atoms with Gasteiger partial charge >= 0.3 is 23.9 Å². The number of carbonyl (C=O) groups excluding carboxylic acids is 5. The van der Waals surface area contributed by atoms with Crippen LogP contribution in [0.2, 0.25) is 0 Å². The average molecular weight is 661 g/mol. The summed E-state index contributed by atoms with van der Waals surface area (Å²) in [6.45, 7) is 12.1. The van der Waals surface area contributed by atoms with Crippen LogP contribution in [-0.2, 0) is 47.7 Å². The minimum atomic E-state index is -2.07. The molecule has 0 aromatic carbocycles. The van der Waals surface area contributed by atoms with E-state index in [1.54, 1.807) is 26.8 Å². The standard InChI is InChI=1S/C34H44O13/c1-11-9-17-33(7,34(8,42)30(41)47-17)22-19(11)32(6)20(26(22)43-12(2)35)18-21(27(28(32)40)44-13(3)36)31(5)15(23(38)24(18)39)10-16-25(46-16)29(31)45-14(4)37/h9,11,15-16,18-22,24-29,39-40,42H,10H2,1-8H3/t11-,15-,16+,18+,19+,20-,21-,22+,24-,25+,26-,27+,28+,29+,31+,32-,33+,34-/m1/s1. The molecule has 13 heteroatoms. The Morgan fingerprint density at radius 2 is 1.43 bits per heavy atom. The molecule has 7 rings (SSSR count). The van der Waals surface area contributed by atoms with E-state index in [1.807, 2.05) is 6.92 Å². The lowest BCUT2D eigenvalue weighted by molar-refractivity contribution is -0.269. The van der Waals surface area contributed by atoms with E-state index >= 15 is 0 Å². The van der Waals surface area contributed by atoms with Gasteiger partial charge in [0.2, 0.25) is 0 Å². The molecular weight excluding hydrogens is 616 g/mol. The Balaban J connectivity index is 1.49. The smallest absolute Gasteiger partial charge is 0.343 e. The highest BCUT2D eigenvalue weighted by molar-refractivity contribution is 5.88. The molecule has 6 fully saturated rings. The normalized spacial score (nSPS) is 55.1. The van der Waals surface area contributed by atoms with E-state index in [2.05, 4.69) is 0 Å². The van der Waals surface area contributed by atoms with Gasteiger partial charge in [-0.3, -0.25) is 19.2 Å². The Bertz CT molecular complexity index is 1500. The molecule has 13 nitrogen and oxygen atoms in total. The molecule has 258 valence electrons. The van der Waals surface area contributed by atoms with Gasteiger partial charge in [-0.1, -0.05) is 20.8 Å². The summed E-state index contributed by atoms with van der Waals surface area (Å²) in [6.07, 6.45) is -5.40. The summed E-state index contributed by atoms with van der Waals surface area (Å²) in [5, 5.41) is 36.6. The third-order valence-electron chi connectivity index (χ3n) is 13.8. The van der Waals surface area contributed by atoms with Gasteiger partial charge in [-0.05, 0) is 38.2 Å². The number of fused-ring (bicyclic) bond motifs is 10. The molecule has 18 atom stereocenters. The van der Waals surface area contributed by atoms with E-state index in [4.69, 9.17) is 23.7 Å². The van der Waals surface area contributed by atoms with Crippen LogP contribution in [0.5, 0.6) is 0 Å². The fraction of sp³-hybridized carbons (Fsp3) is 0.794. The monoisotopic (exact) mass is 660 g/mol. The molecule has 0 radical (unpaired) electrons. The number of allylic oxidation sites excluding steroid dienone is 1. The van der Waals surface area contributed by atoms with Crippen molar-refractivity contribution >= 4 is 29.7 Å². The lowest BCUT2D eigenvalue weighted by atomic mass is 9.41. The third-order valence-corrected chi connectivity index (χ3v) is 13.8. The Hall–Kier alpha value is -2.87. The number of Topliss-reactive ketones (excluding diaryl/α,β-unsaturated/α-hetero) is 1. The van der Waals surface area contributed by atoms with Gasteiger partial charge in [0, 0.05) is 61.2 Å². The second-order valence-electron chi connectivity index (χ2n) is 15.9. The number of ether oxygens (including phenoxy) is 5. The highest BCUT2D eigenvalue weighted by atomic mass is 16.6. The molecule has 2 saturated heterocycles. The summed E-state index contributed by atoms with van der Waals surface area (Å²) in [5.74, 6) is -8.89. The van der Waals surface area contributed by atoms with Crippen LogP contribution in [0.3, 0.4) is 0 Å². The molecule has 7 aliphatic rings. The van der Waals surface area contributed by atoms with Crippen molar-refractivity contribution in [3.63, 3.8) is 0 Å². The molecule has 3 N–H and O–H groups in total. The number of hydrogen-bond donors (Lipinski definition) is 3. The zero-order valence-corrected chi connectivity index (χ0v) is 27.8. The van der Waals surface area contributed by atoms with Crippen LogP contribution in [0.15, 0.2) is 11.8 Å². The molecule has 0 bridgehead atoms. The summed E-state index contributed by atoms with van der Waals surface area (Å²) in [4.78, 5) is 65.8. The zero-order chi connectivity index (χ0) is 34.5. The topological polar surface area (TPSA) is 195 Å². The van der Waals surface area contributed by atoms with Crippen LogP contribution >= 0.6 is 0 Å². The van der Waals surface area contributed by atoms with Crippen molar-refractivity contribution in [3.05, 3.63) is 11.8 Å². The summed E-state index contributed by atoms with van der Waals surface area (Å²) < 4.78 is 29.6. The first-order valence-electron chi connectivity index (χ1n) is 16.5. The molecular formula is C34H44O13. The average Bonchev–Trinajstić information content (AvgIpc) is 3.65. The first-order valence-corrected chi connectivity index (χ1v) is 16.5. The van der Waals surface area contributed by atoms with Gasteiger partial charge in [0.15, 0.2) is 11.4 Å². The summed E-state index contributed by atoms with van der Waals surface area (Å²) >= 11 is 0. The first kappa shape index (κ1) is 32.7. The Kier molecular flexibility index (Phi) is 6.85. The van der Waals surface area contributed by atoms with Crippen molar-refractivity contribution in [1.29, 1.82) is 0 Å². The summed E-state index contributed by atoms with van der Waals surface area (Å²) in [6, 6.07) is 0. The molecule has 0 aromatic heterocycles. The molecule has 0 unspecified atom stereocenters. The number of aliphatic hydroxyl groups is 3. The molecule has 5 aliphatic carbocycles. The van der Waals surface area contributed by atoms with Crippen LogP contribution < -0.4 is 0 Å². The van der Waals surface area contributed by atoms with Gasteiger partial charge in [-0.2, -0.15) is 0 Å². The van der Waals surface area contributed by atoms with E-state index in [0.717, 1.165) is 0 Å². The molecule has 2 aliphatic heterocycles. The number of esters is 4. The Morgan fingerprint density at radius 3 is 2.02 bits per heavy atom. The Labute approximate surface area is 272 Å². The van der Waals surface area contributed by atoms with E-state index in [9.17, 15) is 39.3 Å². The molecule has 2 heterocycles. The van der Waals surface area contributed by atoms with Crippen LogP contribution in [0.1, 0.15) is 61.8 Å². The van der Waals surface area contributed by atoms with Crippen molar-refractivity contribution in [2.75, 3.05) is 0 Å². The maximum absolute atomic E-state index is 14.4. The quantitative estimate of drug-likeness (QED) is 0.219. The van der Waals surface area contributed by atoms with E-state index in [0.29, 0.717) is 0 Å². The molecule has 0 spiro atoms. The lowest BCUT2D eigenvalue weighted by Crippen LogP contribution is -2.74. The first-order chi connectivity index (χ1) is 21.7. The van der Waals surface area contributed by atoms with E-state index < -0.39 is 130 Å². The Morgan fingerprint density at radius 1 is 0.851 bits per heavy atom. The van der Waals surface area contributed by atoms with Crippen LogP contribution in [-0.4, -0.2) is 93.3 Å². The minimum Gasteiger partial charge on any atom is -0.462 e. The number of aliphatic hydroxyl groups excluding tert-OH is 2. The van der Waals surface area contributed by atoms with Gasteiger partial charge in [-0.15, -0.1) is 0 Å². The number of epoxide rings is 1. The van der Waals surface area contributed by atoms with Gasteiger partial charge < -0.3 is 39.0 Å². The molecule has 47 heavy (non-hydrogen) atoms. The number of carbonyl (C=O) groups is 5. The number of hydrogen-bond acceptors (Lipinski definition) is 13. The van der Waals surface area contributed by atoms with E-state index in [-0.39, 0.29) is 18.3 Å². The third kappa shape index (κ3) is 3.82. The molecule has 0 amide bonds. The van der Waals surface area contributed by atoms with Crippen molar-refractivity contribution in [1.82, 2.24) is 0 Å². The van der Waals surface area contributed by atoms with Gasteiger partial charge in [-0.25, -0.2) is 4.79 Å². The van der Waals surface area contributed by atoms with Gasteiger partial charge in [0.25, 0.3) is 0 Å². The van der Waals surface area contributed by atoms with Crippen molar-refractivity contribution < 1.29 is 63.0 Å². The summed E-state index contributed by atoms with van der Waals surface area (Å²) in [7, 11) is 0.